The van der Waals surface area contributed by atoms with E-state index in [2.05, 4.69) is 0 Å². The second kappa shape index (κ2) is 11.5. The smallest absolute Gasteiger partial charge is 0.303 e. The number of carbonyl (C=O) groups excluding carboxylic acids is 2. The first kappa shape index (κ1) is 26.7. The number of likely N-dealkylation sites (N-methyl/N-ethyl adjacent to an activating group) is 1. The van der Waals surface area contributed by atoms with Crippen molar-refractivity contribution in [1.29, 1.82) is 0 Å². The second-order valence-electron chi connectivity index (χ2n) is 9.38. The van der Waals surface area contributed by atoms with Crippen LogP contribution in [-0.4, -0.2) is 64.0 Å². The summed E-state index contributed by atoms with van der Waals surface area (Å²) in [6, 6.07) is 18.5. The van der Waals surface area contributed by atoms with Gasteiger partial charge < -0.3 is 33.5 Å². The first-order valence-corrected chi connectivity index (χ1v) is 13.4. The molecule has 2 heterocycles. The third-order valence-corrected chi connectivity index (χ3v) is 7.70. The van der Waals surface area contributed by atoms with E-state index in [0.717, 1.165) is 16.1 Å². The summed E-state index contributed by atoms with van der Waals surface area (Å²) in [7, 11) is 5.50. The number of ether oxygens (including phenoxy) is 5. The molecule has 2 aliphatic heterocycles. The van der Waals surface area contributed by atoms with Gasteiger partial charge in [-0.1, -0.05) is 12.1 Å². The van der Waals surface area contributed by atoms with Crippen molar-refractivity contribution in [3.05, 3.63) is 66.2 Å². The molecule has 0 aromatic heterocycles. The molecule has 3 aromatic carbocycles. The van der Waals surface area contributed by atoms with E-state index < -0.39 is 17.3 Å². The zero-order valence-electron chi connectivity index (χ0n) is 22.2. The van der Waals surface area contributed by atoms with Crippen LogP contribution < -0.4 is 23.8 Å². The first-order chi connectivity index (χ1) is 18.8. The Morgan fingerprint density at radius 2 is 1.69 bits per heavy atom. The highest BCUT2D eigenvalue weighted by Gasteiger charge is 2.41. The number of benzene rings is 3. The van der Waals surface area contributed by atoms with Crippen molar-refractivity contribution in [1.82, 2.24) is 4.90 Å². The maximum Gasteiger partial charge on any atom is 0.303 e. The molecule has 2 aliphatic rings. The Kier molecular flexibility index (Phi) is 7.85. The number of rotatable bonds is 8. The van der Waals surface area contributed by atoms with E-state index >= 15 is 0 Å². The van der Waals surface area contributed by atoms with Crippen LogP contribution in [0.15, 0.2) is 65.6 Å². The number of hydrogen-bond donors (Lipinski definition) is 0. The average Bonchev–Trinajstić information content (AvgIpc) is 3.35. The predicted octanol–water partition coefficient (Wildman–Crippen LogP) is 4.89. The molecular weight excluding hydrogens is 520 g/mol. The minimum absolute atomic E-state index is 0.182. The van der Waals surface area contributed by atoms with Crippen LogP contribution in [0.2, 0.25) is 0 Å². The number of esters is 1. The molecule has 9 nitrogen and oxygen atoms in total. The Morgan fingerprint density at radius 1 is 1.00 bits per heavy atom. The van der Waals surface area contributed by atoms with Crippen LogP contribution in [0, 0.1) is 0 Å². The lowest BCUT2D eigenvalue weighted by molar-refractivity contribution is -0.152. The zero-order chi connectivity index (χ0) is 27.5. The van der Waals surface area contributed by atoms with Gasteiger partial charge in [-0.25, -0.2) is 0 Å². The highest BCUT2D eigenvalue weighted by Crippen LogP contribution is 2.48. The molecule has 5 rings (SSSR count). The van der Waals surface area contributed by atoms with Crippen molar-refractivity contribution in [2.24, 2.45) is 0 Å². The van der Waals surface area contributed by atoms with Gasteiger partial charge in [0.15, 0.2) is 17.6 Å². The molecule has 3 aromatic rings. The topological polar surface area (TPSA) is 86.8 Å². The molecule has 0 N–H and O–H groups in total. The van der Waals surface area contributed by atoms with Crippen LogP contribution in [0.4, 0.5) is 5.69 Å². The van der Waals surface area contributed by atoms with Crippen LogP contribution in [0.1, 0.15) is 17.7 Å². The lowest BCUT2D eigenvalue weighted by Gasteiger charge is -2.28. The number of fused-ring (bicyclic) bond motifs is 2. The van der Waals surface area contributed by atoms with Crippen molar-refractivity contribution in [2.45, 2.75) is 23.2 Å². The largest absolute Gasteiger partial charge is 0.497 e. The van der Waals surface area contributed by atoms with Crippen molar-refractivity contribution < 1.29 is 33.3 Å². The number of hydrogen-bond acceptors (Lipinski definition) is 9. The molecule has 0 aliphatic carbocycles. The van der Waals surface area contributed by atoms with Gasteiger partial charge in [-0.2, -0.15) is 0 Å². The molecule has 204 valence electrons. The summed E-state index contributed by atoms with van der Waals surface area (Å²) in [6.07, 6.45) is -1.02. The second-order valence-corrected chi connectivity index (χ2v) is 10.6. The predicted molar refractivity (Wildman–Crippen MR) is 147 cm³/mol. The number of amides is 1. The van der Waals surface area contributed by atoms with Gasteiger partial charge in [-0.3, -0.25) is 9.59 Å². The molecule has 0 unspecified atom stereocenters. The number of methoxy groups -OCH3 is 1. The fourth-order valence-electron chi connectivity index (χ4n) is 4.41. The summed E-state index contributed by atoms with van der Waals surface area (Å²) in [4.78, 5) is 30.7. The Labute approximate surface area is 231 Å². The molecular formula is C29H30N2O7S. The monoisotopic (exact) mass is 550 g/mol. The summed E-state index contributed by atoms with van der Waals surface area (Å²) in [5, 5.41) is -0.490. The SMILES string of the molecule is COc1ccc([C@@H]2Sc3cc(Oc4ccc5c(c4)OCO5)ccc3N(CCN(C)C)C(=O)[C@@H]2OC(C)=O)cc1. The maximum atomic E-state index is 14.0. The molecule has 1 amide bonds. The maximum absolute atomic E-state index is 14.0. The lowest BCUT2D eigenvalue weighted by Crippen LogP contribution is -2.45. The molecule has 0 saturated heterocycles. The van der Waals surface area contributed by atoms with Crippen LogP contribution in [0.5, 0.6) is 28.7 Å². The van der Waals surface area contributed by atoms with Gasteiger partial charge in [-0.05, 0) is 62.1 Å². The first-order valence-electron chi connectivity index (χ1n) is 12.5. The minimum atomic E-state index is -1.02. The summed E-state index contributed by atoms with van der Waals surface area (Å²) in [5.41, 5.74) is 1.57. The van der Waals surface area contributed by atoms with Crippen molar-refractivity contribution in [3.63, 3.8) is 0 Å². The molecule has 0 fully saturated rings. The molecule has 0 saturated carbocycles. The Morgan fingerprint density at radius 3 is 2.41 bits per heavy atom. The van der Waals surface area contributed by atoms with Gasteiger partial charge in [0.05, 0.1) is 18.0 Å². The van der Waals surface area contributed by atoms with Crippen molar-refractivity contribution in [2.75, 3.05) is 46.0 Å². The molecule has 0 spiro atoms. The molecule has 39 heavy (non-hydrogen) atoms. The summed E-state index contributed by atoms with van der Waals surface area (Å²) in [5.74, 6) is 2.40. The number of thioether (sulfide) groups is 1. The Balaban J connectivity index is 1.54. The minimum Gasteiger partial charge on any atom is -0.497 e. The number of nitrogens with zero attached hydrogens (tertiary/aromatic N) is 2. The summed E-state index contributed by atoms with van der Waals surface area (Å²) in [6.45, 7) is 2.56. The quantitative estimate of drug-likeness (QED) is 0.364. The zero-order valence-corrected chi connectivity index (χ0v) is 23.0. The Bertz CT molecular complexity index is 1360. The van der Waals surface area contributed by atoms with Gasteiger partial charge in [0.25, 0.3) is 5.91 Å². The van der Waals surface area contributed by atoms with Gasteiger partial charge in [0.1, 0.15) is 17.2 Å². The van der Waals surface area contributed by atoms with Crippen molar-refractivity contribution in [3.8, 4) is 28.7 Å². The van der Waals surface area contributed by atoms with Crippen LogP contribution in [0.25, 0.3) is 0 Å². The van der Waals surface area contributed by atoms with E-state index in [0.29, 0.717) is 41.8 Å². The van der Waals surface area contributed by atoms with Crippen molar-refractivity contribution >= 4 is 29.3 Å². The molecule has 2 atom stereocenters. The number of carbonyl (C=O) groups is 2. The van der Waals surface area contributed by atoms with E-state index in [-0.39, 0.29) is 12.7 Å². The van der Waals surface area contributed by atoms with Gasteiger partial charge >= 0.3 is 5.97 Å². The summed E-state index contributed by atoms with van der Waals surface area (Å²) >= 11 is 1.46. The standard InChI is InChI=1S/C29H30N2O7S/c1-18(32)37-27-28(19-5-7-20(34-4)8-6-19)39-26-16-22(38-21-10-12-24-25(15-21)36-17-35-24)9-11-23(26)31(29(27)33)14-13-30(2)3/h5-12,15-16,27-28H,13-14,17H2,1-4H3/t27-,28+/m1/s1. The van der Waals surface area contributed by atoms with E-state index in [1.54, 1.807) is 24.1 Å². The third-order valence-electron chi connectivity index (χ3n) is 6.35. The molecule has 0 bridgehead atoms. The molecule has 10 heteroatoms. The van der Waals surface area contributed by atoms with E-state index in [4.69, 9.17) is 23.7 Å². The van der Waals surface area contributed by atoms with E-state index in [9.17, 15) is 9.59 Å². The fourth-order valence-corrected chi connectivity index (χ4v) is 5.76. The average molecular weight is 551 g/mol. The summed E-state index contributed by atoms with van der Waals surface area (Å²) < 4.78 is 28.0. The highest BCUT2D eigenvalue weighted by atomic mass is 32.2. The van der Waals surface area contributed by atoms with Crippen LogP contribution in [0.3, 0.4) is 0 Å². The van der Waals surface area contributed by atoms with Gasteiger partial charge in [0.2, 0.25) is 6.79 Å². The van der Waals surface area contributed by atoms with Gasteiger partial charge in [0, 0.05) is 31.0 Å². The van der Waals surface area contributed by atoms with E-state index in [1.807, 2.05) is 67.5 Å². The van der Waals surface area contributed by atoms with Crippen LogP contribution in [-0.2, 0) is 14.3 Å². The third kappa shape index (κ3) is 5.91. The fraction of sp³-hybridized carbons (Fsp3) is 0.310. The highest BCUT2D eigenvalue weighted by molar-refractivity contribution is 7.99. The molecule has 0 radical (unpaired) electrons. The lowest BCUT2D eigenvalue weighted by atomic mass is 10.1. The Hall–Kier alpha value is -3.89. The normalized spacial score (nSPS) is 18.0. The number of anilines is 1. The van der Waals surface area contributed by atoms with E-state index in [1.165, 1.54) is 18.7 Å². The van der Waals surface area contributed by atoms with Gasteiger partial charge in [-0.15, -0.1) is 11.8 Å². The van der Waals surface area contributed by atoms with Crippen LogP contribution >= 0.6 is 11.8 Å².